The van der Waals surface area contributed by atoms with Gasteiger partial charge < -0.3 is 0 Å². The summed E-state index contributed by atoms with van der Waals surface area (Å²) < 4.78 is 3.19. The van der Waals surface area contributed by atoms with Gasteiger partial charge in [-0.1, -0.05) is 0 Å². The van der Waals surface area contributed by atoms with Crippen LogP contribution >= 0.6 is 18.6 Å². The fraction of sp³-hybridized carbons (Fsp3) is 0.375. The summed E-state index contributed by atoms with van der Waals surface area (Å²) in [4.78, 5) is 13.4. The van der Waals surface area contributed by atoms with Crippen LogP contribution in [0.25, 0.3) is 5.57 Å². The van der Waals surface area contributed by atoms with Crippen LogP contribution in [0.4, 0.5) is 0 Å². The van der Waals surface area contributed by atoms with Crippen LogP contribution in [0.5, 0.6) is 0 Å². The molecule has 2 aliphatic carbocycles. The molecule has 1 unspecified atom stereocenters. The van der Waals surface area contributed by atoms with Gasteiger partial charge in [-0.15, -0.1) is 0 Å². The number of benzene rings is 2. The summed E-state index contributed by atoms with van der Waals surface area (Å²) in [5, 5.41) is 4.00. The summed E-state index contributed by atoms with van der Waals surface area (Å²) in [7, 11) is 10.5. The Morgan fingerprint density at radius 3 is 2.23 bits per heavy atom. The Kier molecular flexibility index (Phi) is 4.74. The van der Waals surface area contributed by atoms with Crippen LogP contribution < -0.4 is 3.80 Å². The van der Waals surface area contributed by atoms with Crippen LogP contribution in [0, 0.1) is 5.92 Å². The van der Waals surface area contributed by atoms with Crippen LogP contribution in [-0.4, -0.2) is 14.0 Å². The third kappa shape index (κ3) is 4.25. The number of hydrogen-bond acceptors (Lipinski definition) is 1. The molecule has 30 heavy (non-hydrogen) atoms. The van der Waals surface area contributed by atoms with Crippen molar-refractivity contribution in [2.75, 3.05) is 0 Å². The van der Waals surface area contributed by atoms with E-state index in [4.69, 9.17) is 18.6 Å². The zero-order valence-corrected chi connectivity index (χ0v) is 23.2. The molecule has 0 aromatic heterocycles. The number of carbonyl (C=O) groups is 1. The predicted molar refractivity (Wildman–Crippen MR) is 131 cm³/mol. The molecule has 1 N–H and O–H groups in total. The fourth-order valence-corrected chi connectivity index (χ4v) is 16.6. The standard InChI is InChI=1S/C15H11.C7H13NO.2CH3.2ClH.H3Si.Ti/c1-2-6-12(7-3-1)15-11-10-13-8-4-5-9-14(13)15;8-7(9)6-4-2-1-3-5-6;;;;;;/h1-11H;6H,1-5H2,(H2,8,9);2*1H3;2*1H;1H3;/q;;;;;;;+3/p-3. The molecular formula is C24H32Cl2NOSiTi. The molecule has 161 valence electrons. The molecule has 2 aliphatic rings. The topological polar surface area (TPSA) is 29.1 Å². The van der Waals surface area contributed by atoms with Crippen molar-refractivity contribution in [3.63, 3.8) is 0 Å². The van der Waals surface area contributed by atoms with Crippen LogP contribution in [0.1, 0.15) is 53.0 Å². The summed E-state index contributed by atoms with van der Waals surface area (Å²) in [5.74, 6) is 0.0713. The number of carbonyl (C=O) groups excluding carboxylic acids is 1. The number of hydrogen-bond donors (Lipinski definition) is 1. The first kappa shape index (κ1) is 22.4. The first-order valence-corrected chi connectivity index (χ1v) is 25.9. The Morgan fingerprint density at radius 2 is 1.57 bits per heavy atom. The second-order valence-electron chi connectivity index (χ2n) is 11.7. The van der Waals surface area contributed by atoms with E-state index in [1.165, 1.54) is 6.42 Å². The van der Waals surface area contributed by atoms with Crippen LogP contribution in [0.15, 0.2) is 60.7 Å². The second-order valence-corrected chi connectivity index (χ2v) is 65.4. The van der Waals surface area contributed by atoms with Crippen LogP contribution in [-0.2, 0) is 14.9 Å². The molecule has 4 rings (SSSR count). The number of rotatable bonds is 4. The van der Waals surface area contributed by atoms with Gasteiger partial charge in [0, 0.05) is 0 Å². The third-order valence-corrected chi connectivity index (χ3v) is 20.2. The van der Waals surface area contributed by atoms with Gasteiger partial charge in [0.15, 0.2) is 0 Å². The quantitative estimate of drug-likeness (QED) is 0.499. The third-order valence-electron chi connectivity index (χ3n) is 6.97. The van der Waals surface area contributed by atoms with Crippen molar-refractivity contribution in [3.8, 4) is 0 Å². The zero-order chi connectivity index (χ0) is 21.7. The van der Waals surface area contributed by atoms with Gasteiger partial charge >= 0.3 is 187 Å². The number of halogens is 2. The Balaban J connectivity index is 1.83. The minimum absolute atomic E-state index is 0.0209. The van der Waals surface area contributed by atoms with Crippen molar-refractivity contribution in [2.24, 2.45) is 5.92 Å². The number of allylic oxidation sites excluding steroid dienone is 1. The Hall–Kier alpha value is -0.839. The molecular weight excluding hydrogens is 465 g/mol. The molecule has 0 radical (unpaired) electrons. The molecule has 2 aromatic carbocycles. The summed E-state index contributed by atoms with van der Waals surface area (Å²) in [6.45, 7) is 0. The molecule has 1 saturated carbocycles. The van der Waals surface area contributed by atoms with E-state index in [9.17, 15) is 4.79 Å². The van der Waals surface area contributed by atoms with E-state index in [2.05, 4.69) is 40.2 Å². The van der Waals surface area contributed by atoms with Gasteiger partial charge in [-0.3, -0.25) is 0 Å². The van der Waals surface area contributed by atoms with Crippen molar-refractivity contribution < 1.29 is 14.9 Å². The molecule has 0 bridgehead atoms. The van der Waals surface area contributed by atoms with Gasteiger partial charge in [0.2, 0.25) is 0 Å². The van der Waals surface area contributed by atoms with Gasteiger partial charge in [-0.05, 0) is 0 Å². The summed E-state index contributed by atoms with van der Waals surface area (Å²) in [6.07, 6.45) is 7.51. The number of fused-ring (bicyclic) bond motifs is 1. The summed E-state index contributed by atoms with van der Waals surface area (Å²) in [5.41, 5.74) is 4.58. The van der Waals surface area contributed by atoms with E-state index in [-0.39, 0.29) is 16.0 Å². The molecule has 0 heterocycles. The molecule has 2 aromatic rings. The molecule has 1 atom stereocenters. The normalized spacial score (nSPS) is 23.4. The Morgan fingerprint density at radius 1 is 0.967 bits per heavy atom. The molecule has 0 spiro atoms. The maximum atomic E-state index is 13.4. The summed E-state index contributed by atoms with van der Waals surface area (Å²) in [6, 6.07) is 18.7. The SMILES string of the molecule is [CH3][Ti]([CH3])([SiH3])([Cl])([Cl])([NH]C(=O)C1CCCCC1)[CH]1C=C(c2ccccc2)c2ccccc21. The maximum absolute atomic E-state index is 13.4. The molecule has 0 saturated heterocycles. The van der Waals surface area contributed by atoms with Gasteiger partial charge in [-0.25, -0.2) is 0 Å². The second kappa shape index (κ2) is 6.36. The first-order valence-electron chi connectivity index (χ1n) is 11.1. The first-order chi connectivity index (χ1) is 13.8. The van der Waals surface area contributed by atoms with E-state index >= 15 is 0 Å². The minimum atomic E-state index is -5.47. The van der Waals surface area contributed by atoms with Crippen molar-refractivity contribution >= 4 is 38.2 Å². The van der Waals surface area contributed by atoms with Gasteiger partial charge in [0.1, 0.15) is 0 Å². The van der Waals surface area contributed by atoms with E-state index in [0.717, 1.165) is 47.9 Å². The monoisotopic (exact) mass is 496 g/mol. The van der Waals surface area contributed by atoms with E-state index in [0.29, 0.717) is 8.11 Å². The number of amides is 1. The average Bonchev–Trinajstić information content (AvgIpc) is 3.10. The average molecular weight is 497 g/mol. The van der Waals surface area contributed by atoms with Crippen LogP contribution in [0.2, 0.25) is 10.5 Å². The van der Waals surface area contributed by atoms with Crippen molar-refractivity contribution in [2.45, 2.75) is 46.8 Å². The molecule has 0 aliphatic heterocycles. The fourth-order valence-electron chi connectivity index (χ4n) is 5.32. The predicted octanol–water partition coefficient (Wildman–Crippen LogP) is 6.23. The molecule has 6 heteroatoms. The van der Waals surface area contributed by atoms with E-state index in [1.807, 2.05) is 34.7 Å². The number of nitrogens with one attached hydrogen (secondary N) is 1. The van der Waals surface area contributed by atoms with Crippen molar-refractivity contribution in [1.82, 2.24) is 3.80 Å². The van der Waals surface area contributed by atoms with E-state index in [1.54, 1.807) is 0 Å². The molecule has 1 fully saturated rings. The Bertz CT molecular complexity index is 1050. The zero-order valence-electron chi connectivity index (χ0n) is 18.1. The summed E-state index contributed by atoms with van der Waals surface area (Å²) >= 11 is 0. The Labute approximate surface area is 186 Å². The van der Waals surface area contributed by atoms with Gasteiger partial charge in [0.05, 0.1) is 0 Å². The van der Waals surface area contributed by atoms with Crippen LogP contribution in [0.3, 0.4) is 0 Å². The molecule has 2 nitrogen and oxygen atoms in total. The van der Waals surface area contributed by atoms with Gasteiger partial charge in [-0.2, -0.15) is 0 Å². The van der Waals surface area contributed by atoms with Crippen molar-refractivity contribution in [1.29, 1.82) is 0 Å². The molecule has 1 amide bonds. The van der Waals surface area contributed by atoms with Gasteiger partial charge in [0.25, 0.3) is 0 Å². The van der Waals surface area contributed by atoms with E-state index < -0.39 is 10.1 Å². The van der Waals surface area contributed by atoms with Crippen molar-refractivity contribution in [3.05, 3.63) is 77.4 Å².